The second-order valence-corrected chi connectivity index (χ2v) is 4.70. The minimum absolute atomic E-state index is 0.202. The Morgan fingerprint density at radius 3 is 2.81 bits per heavy atom. The Hall–Kier alpha value is -1.05. The summed E-state index contributed by atoms with van der Waals surface area (Å²) in [6.07, 6.45) is 4.98. The summed E-state index contributed by atoms with van der Waals surface area (Å²) in [5, 5.41) is 0. The highest BCUT2D eigenvalue weighted by atomic mass is 16.5. The number of rotatable bonds is 3. The fourth-order valence-corrected chi connectivity index (χ4v) is 2.18. The summed E-state index contributed by atoms with van der Waals surface area (Å²) >= 11 is 0. The highest BCUT2D eigenvalue weighted by Crippen LogP contribution is 2.36. The second-order valence-electron chi connectivity index (χ2n) is 4.70. The molecule has 2 heteroatoms. The van der Waals surface area contributed by atoms with Crippen LogP contribution in [0.1, 0.15) is 40.0 Å². The number of hydrogen-bond donors (Lipinski definition) is 0. The molecular formula is C14H22O2. The number of allylic oxidation sites excluding steroid dienone is 2. The monoisotopic (exact) mass is 222 g/mol. The molecule has 2 unspecified atom stereocenters. The molecule has 1 fully saturated rings. The van der Waals surface area contributed by atoms with Gasteiger partial charge in [0.15, 0.2) is 0 Å². The summed E-state index contributed by atoms with van der Waals surface area (Å²) in [6.45, 7) is 10.5. The molecule has 1 aliphatic carbocycles. The van der Waals surface area contributed by atoms with Gasteiger partial charge in [-0.3, -0.25) is 0 Å². The third-order valence-corrected chi connectivity index (χ3v) is 3.35. The first-order valence-electron chi connectivity index (χ1n) is 6.07. The molecule has 0 N–H and O–H groups in total. The maximum Gasteiger partial charge on any atom is 0.330 e. The molecule has 0 spiro atoms. The first-order valence-corrected chi connectivity index (χ1v) is 6.07. The molecule has 90 valence electrons. The molecule has 1 aliphatic rings. The lowest BCUT2D eigenvalue weighted by molar-refractivity contribution is -0.137. The van der Waals surface area contributed by atoms with Crippen molar-refractivity contribution in [3.8, 4) is 0 Å². The van der Waals surface area contributed by atoms with Crippen molar-refractivity contribution in [3.63, 3.8) is 0 Å². The van der Waals surface area contributed by atoms with E-state index in [0.717, 1.165) is 12.8 Å². The summed E-state index contributed by atoms with van der Waals surface area (Å²) in [5.41, 5.74) is 2.44. The molecular weight excluding hydrogens is 200 g/mol. The van der Waals surface area contributed by atoms with Crippen LogP contribution in [0.5, 0.6) is 0 Å². The molecule has 0 aromatic carbocycles. The lowest BCUT2D eigenvalue weighted by Gasteiger charge is -2.29. The van der Waals surface area contributed by atoms with Crippen molar-refractivity contribution < 1.29 is 9.53 Å². The second kappa shape index (κ2) is 5.88. The molecule has 2 atom stereocenters. The number of esters is 1. The Morgan fingerprint density at radius 1 is 1.56 bits per heavy atom. The van der Waals surface area contributed by atoms with E-state index in [9.17, 15) is 4.79 Å². The van der Waals surface area contributed by atoms with E-state index in [4.69, 9.17) is 4.74 Å². The molecule has 0 amide bonds. The van der Waals surface area contributed by atoms with Crippen molar-refractivity contribution in [2.45, 2.75) is 40.0 Å². The molecule has 0 heterocycles. The van der Waals surface area contributed by atoms with Gasteiger partial charge in [-0.1, -0.05) is 24.6 Å². The number of carbonyl (C=O) groups is 1. The molecule has 0 saturated heterocycles. The number of ether oxygens (including phenoxy) is 1. The Bertz CT molecular complexity index is 302. The molecule has 2 nitrogen and oxygen atoms in total. The van der Waals surface area contributed by atoms with Crippen LogP contribution in [0.4, 0.5) is 0 Å². The zero-order chi connectivity index (χ0) is 12.1. The van der Waals surface area contributed by atoms with Gasteiger partial charge in [0, 0.05) is 6.08 Å². The number of carbonyl (C=O) groups excluding carboxylic acids is 1. The lowest BCUT2D eigenvalue weighted by Crippen LogP contribution is -2.17. The Balaban J connectivity index is 2.69. The van der Waals surface area contributed by atoms with Crippen LogP contribution < -0.4 is 0 Å². The van der Waals surface area contributed by atoms with Crippen molar-refractivity contribution in [2.75, 3.05) is 6.61 Å². The summed E-state index contributed by atoms with van der Waals surface area (Å²) in [4.78, 5) is 11.4. The minimum Gasteiger partial charge on any atom is -0.463 e. The average molecular weight is 222 g/mol. The van der Waals surface area contributed by atoms with Gasteiger partial charge in [0.05, 0.1) is 6.61 Å². The van der Waals surface area contributed by atoms with Gasteiger partial charge >= 0.3 is 5.97 Å². The predicted octanol–water partition coefficient (Wildman–Crippen LogP) is 3.49. The number of hydrogen-bond acceptors (Lipinski definition) is 2. The van der Waals surface area contributed by atoms with Gasteiger partial charge in [-0.25, -0.2) is 4.79 Å². The van der Waals surface area contributed by atoms with Gasteiger partial charge in [-0.15, -0.1) is 0 Å². The van der Waals surface area contributed by atoms with Crippen LogP contribution in [0.15, 0.2) is 23.8 Å². The van der Waals surface area contributed by atoms with Crippen molar-refractivity contribution in [2.24, 2.45) is 11.8 Å². The standard InChI is InChI=1S/C14H22O2/c1-5-16-14(15)9-13-8-12(10(2)3)7-6-11(13)4/h9,11-12H,2,5-8H2,1,3-4H3. The molecule has 0 aromatic heterocycles. The van der Waals surface area contributed by atoms with Crippen LogP contribution in [0, 0.1) is 11.8 Å². The van der Waals surface area contributed by atoms with E-state index in [1.807, 2.05) is 6.92 Å². The van der Waals surface area contributed by atoms with Crippen molar-refractivity contribution in [1.82, 2.24) is 0 Å². The molecule has 0 bridgehead atoms. The summed E-state index contributed by atoms with van der Waals surface area (Å²) in [7, 11) is 0. The molecule has 0 aliphatic heterocycles. The van der Waals surface area contributed by atoms with E-state index in [0.29, 0.717) is 18.4 Å². The van der Waals surface area contributed by atoms with Crippen LogP contribution in [0.3, 0.4) is 0 Å². The van der Waals surface area contributed by atoms with E-state index in [-0.39, 0.29) is 5.97 Å². The molecule has 0 aromatic rings. The third-order valence-electron chi connectivity index (χ3n) is 3.35. The fraction of sp³-hybridized carbons (Fsp3) is 0.643. The van der Waals surface area contributed by atoms with E-state index in [1.54, 1.807) is 6.08 Å². The first kappa shape index (κ1) is 13.0. The van der Waals surface area contributed by atoms with Crippen LogP contribution in [0.25, 0.3) is 0 Å². The zero-order valence-corrected chi connectivity index (χ0v) is 10.6. The Morgan fingerprint density at radius 2 is 2.25 bits per heavy atom. The van der Waals surface area contributed by atoms with E-state index in [2.05, 4.69) is 20.4 Å². The normalized spacial score (nSPS) is 27.8. The molecule has 1 rings (SSSR count). The smallest absolute Gasteiger partial charge is 0.330 e. The highest BCUT2D eigenvalue weighted by Gasteiger charge is 2.23. The SMILES string of the molecule is C=C(C)C1CCC(C)C(=CC(=O)OCC)C1. The van der Waals surface area contributed by atoms with Gasteiger partial charge in [-0.05, 0) is 44.9 Å². The Kier molecular flexibility index (Phi) is 4.78. The maximum absolute atomic E-state index is 11.4. The van der Waals surface area contributed by atoms with Crippen LogP contribution in [-0.4, -0.2) is 12.6 Å². The minimum atomic E-state index is -0.202. The van der Waals surface area contributed by atoms with E-state index < -0.39 is 0 Å². The van der Waals surface area contributed by atoms with Crippen LogP contribution in [0.2, 0.25) is 0 Å². The van der Waals surface area contributed by atoms with E-state index in [1.165, 1.54) is 17.6 Å². The topological polar surface area (TPSA) is 26.3 Å². The summed E-state index contributed by atoms with van der Waals surface area (Å²) in [6, 6.07) is 0. The van der Waals surface area contributed by atoms with Gasteiger partial charge in [0.1, 0.15) is 0 Å². The zero-order valence-electron chi connectivity index (χ0n) is 10.6. The lowest BCUT2D eigenvalue weighted by atomic mass is 9.76. The maximum atomic E-state index is 11.4. The van der Waals surface area contributed by atoms with Crippen molar-refractivity contribution in [1.29, 1.82) is 0 Å². The molecule has 16 heavy (non-hydrogen) atoms. The predicted molar refractivity (Wildman–Crippen MR) is 66.0 cm³/mol. The van der Waals surface area contributed by atoms with Gasteiger partial charge in [-0.2, -0.15) is 0 Å². The summed E-state index contributed by atoms with van der Waals surface area (Å²) in [5.74, 6) is 0.837. The largest absolute Gasteiger partial charge is 0.463 e. The van der Waals surface area contributed by atoms with Gasteiger partial charge in [0.25, 0.3) is 0 Å². The highest BCUT2D eigenvalue weighted by molar-refractivity contribution is 5.82. The Labute approximate surface area is 98.4 Å². The van der Waals surface area contributed by atoms with Gasteiger partial charge in [0.2, 0.25) is 0 Å². The first-order chi connectivity index (χ1) is 7.54. The van der Waals surface area contributed by atoms with Crippen LogP contribution in [-0.2, 0) is 9.53 Å². The van der Waals surface area contributed by atoms with E-state index >= 15 is 0 Å². The molecule has 1 saturated carbocycles. The average Bonchev–Trinajstić information content (AvgIpc) is 2.21. The quantitative estimate of drug-likeness (QED) is 0.415. The summed E-state index contributed by atoms with van der Waals surface area (Å²) < 4.78 is 4.95. The van der Waals surface area contributed by atoms with Gasteiger partial charge < -0.3 is 4.74 Å². The fourth-order valence-electron chi connectivity index (χ4n) is 2.18. The molecule has 0 radical (unpaired) electrons. The van der Waals surface area contributed by atoms with Crippen LogP contribution >= 0.6 is 0 Å². The van der Waals surface area contributed by atoms with Crippen molar-refractivity contribution in [3.05, 3.63) is 23.8 Å². The van der Waals surface area contributed by atoms with Crippen molar-refractivity contribution >= 4 is 5.97 Å². The third kappa shape index (κ3) is 3.51.